The Morgan fingerprint density at radius 2 is 1.88 bits per heavy atom. The second-order valence-corrected chi connectivity index (χ2v) is 5.43. The molecular weight excluding hydrogens is 320 g/mol. The highest BCUT2D eigenvalue weighted by molar-refractivity contribution is 5.73. The highest BCUT2D eigenvalue weighted by Gasteiger charge is 2.14. The number of para-hydroxylation sites is 1. The summed E-state index contributed by atoms with van der Waals surface area (Å²) in [6.45, 7) is 0.239. The van der Waals surface area contributed by atoms with Gasteiger partial charge in [0.15, 0.2) is 22.7 Å². The van der Waals surface area contributed by atoms with E-state index in [1.165, 1.54) is 0 Å². The van der Waals surface area contributed by atoms with E-state index in [1.54, 1.807) is 10.9 Å². The largest absolute Gasteiger partial charge is 0.454 e. The van der Waals surface area contributed by atoms with Crippen LogP contribution >= 0.6 is 0 Å². The van der Waals surface area contributed by atoms with Crippen molar-refractivity contribution in [2.24, 2.45) is 0 Å². The van der Waals surface area contributed by atoms with E-state index in [2.05, 4.69) is 25.6 Å². The van der Waals surface area contributed by atoms with Gasteiger partial charge in [0.1, 0.15) is 0 Å². The summed E-state index contributed by atoms with van der Waals surface area (Å²) in [5.74, 6) is 1.88. The van der Waals surface area contributed by atoms with Crippen LogP contribution in [-0.2, 0) is 0 Å². The van der Waals surface area contributed by atoms with E-state index in [4.69, 9.17) is 9.47 Å². The lowest BCUT2D eigenvalue weighted by atomic mass is 10.3. The molecule has 25 heavy (non-hydrogen) atoms. The normalized spacial score (nSPS) is 12.5. The lowest BCUT2D eigenvalue weighted by molar-refractivity contribution is 0.174. The summed E-state index contributed by atoms with van der Waals surface area (Å²) in [6, 6.07) is 15.3. The second-order valence-electron chi connectivity index (χ2n) is 5.43. The van der Waals surface area contributed by atoms with Gasteiger partial charge in [0.2, 0.25) is 12.7 Å². The van der Waals surface area contributed by atoms with Gasteiger partial charge in [-0.3, -0.25) is 0 Å². The Kier molecular flexibility index (Phi) is 2.99. The molecule has 2 aromatic carbocycles. The average molecular weight is 332 g/mol. The molecule has 0 saturated heterocycles. The second kappa shape index (κ2) is 5.45. The van der Waals surface area contributed by atoms with Gasteiger partial charge in [0.25, 0.3) is 0 Å². The smallest absolute Gasteiger partial charge is 0.231 e. The molecule has 0 spiro atoms. The summed E-state index contributed by atoms with van der Waals surface area (Å²) in [6.07, 6.45) is 1.64. The van der Waals surface area contributed by atoms with Gasteiger partial charge in [0, 0.05) is 11.8 Å². The van der Waals surface area contributed by atoms with Crippen LogP contribution in [0.1, 0.15) is 0 Å². The molecule has 2 aromatic heterocycles. The van der Waals surface area contributed by atoms with Crippen molar-refractivity contribution in [2.75, 3.05) is 12.1 Å². The standard InChI is InChI=1S/C17H12N6O2/c1-2-4-12(5-3-1)23-16-13(21-22-23)9-18-17(20-16)19-11-6-7-14-15(8-11)25-10-24-14/h1-9H,10H2,(H,18,19,20). The molecule has 122 valence electrons. The maximum Gasteiger partial charge on any atom is 0.231 e. The van der Waals surface area contributed by atoms with Crippen molar-refractivity contribution < 1.29 is 9.47 Å². The minimum atomic E-state index is 0.239. The van der Waals surface area contributed by atoms with E-state index in [1.807, 2.05) is 48.5 Å². The quantitative estimate of drug-likeness (QED) is 0.617. The van der Waals surface area contributed by atoms with Crippen LogP contribution in [0.5, 0.6) is 11.5 Å². The fraction of sp³-hybridized carbons (Fsp3) is 0.0588. The molecule has 0 atom stereocenters. The molecule has 0 aliphatic carbocycles. The molecule has 0 bridgehead atoms. The summed E-state index contributed by atoms with van der Waals surface area (Å²) in [5, 5.41) is 11.4. The van der Waals surface area contributed by atoms with Crippen LogP contribution in [-0.4, -0.2) is 31.8 Å². The predicted octanol–water partition coefficient (Wildman–Crippen LogP) is 2.68. The molecule has 0 radical (unpaired) electrons. The van der Waals surface area contributed by atoms with Gasteiger partial charge in [0.05, 0.1) is 11.9 Å². The Hall–Kier alpha value is -3.68. The van der Waals surface area contributed by atoms with E-state index < -0.39 is 0 Å². The maximum atomic E-state index is 5.38. The van der Waals surface area contributed by atoms with E-state index in [-0.39, 0.29) is 6.79 Å². The van der Waals surface area contributed by atoms with E-state index in [9.17, 15) is 0 Å². The number of fused-ring (bicyclic) bond motifs is 2. The topological polar surface area (TPSA) is 87.0 Å². The number of nitrogens with one attached hydrogen (secondary N) is 1. The fourth-order valence-corrected chi connectivity index (χ4v) is 2.63. The summed E-state index contributed by atoms with van der Waals surface area (Å²) >= 11 is 0. The minimum Gasteiger partial charge on any atom is -0.454 e. The molecular formula is C17H12N6O2. The lowest BCUT2D eigenvalue weighted by Crippen LogP contribution is -2.01. The first-order valence-electron chi connectivity index (χ1n) is 7.67. The number of hydrogen-bond donors (Lipinski definition) is 1. The lowest BCUT2D eigenvalue weighted by Gasteiger charge is -2.06. The van der Waals surface area contributed by atoms with Crippen LogP contribution in [0.4, 0.5) is 11.6 Å². The van der Waals surface area contributed by atoms with Gasteiger partial charge in [-0.2, -0.15) is 9.67 Å². The Labute approximate surface area is 142 Å². The molecule has 0 fully saturated rings. The molecule has 8 nitrogen and oxygen atoms in total. The van der Waals surface area contributed by atoms with Crippen LogP contribution in [0.15, 0.2) is 54.7 Å². The number of ether oxygens (including phenoxy) is 2. The fourth-order valence-electron chi connectivity index (χ4n) is 2.63. The summed E-state index contributed by atoms with van der Waals surface area (Å²) in [5.41, 5.74) is 2.95. The molecule has 1 aliphatic rings. The first-order valence-corrected chi connectivity index (χ1v) is 7.67. The van der Waals surface area contributed by atoms with Gasteiger partial charge < -0.3 is 14.8 Å². The van der Waals surface area contributed by atoms with E-state index >= 15 is 0 Å². The van der Waals surface area contributed by atoms with Crippen LogP contribution in [0.2, 0.25) is 0 Å². The van der Waals surface area contributed by atoms with Crippen molar-refractivity contribution in [1.82, 2.24) is 25.0 Å². The molecule has 0 saturated carbocycles. The summed E-state index contributed by atoms with van der Waals surface area (Å²) in [4.78, 5) is 8.84. The zero-order valence-corrected chi connectivity index (χ0v) is 13.0. The molecule has 0 unspecified atom stereocenters. The predicted molar refractivity (Wildman–Crippen MR) is 90.3 cm³/mol. The van der Waals surface area contributed by atoms with Crippen LogP contribution in [0.3, 0.4) is 0 Å². The van der Waals surface area contributed by atoms with Crippen LogP contribution in [0.25, 0.3) is 16.9 Å². The molecule has 1 aliphatic heterocycles. The molecule has 0 amide bonds. The number of nitrogens with zero attached hydrogens (tertiary/aromatic N) is 5. The van der Waals surface area contributed by atoms with Crippen molar-refractivity contribution in [2.45, 2.75) is 0 Å². The highest BCUT2D eigenvalue weighted by atomic mass is 16.7. The van der Waals surface area contributed by atoms with Gasteiger partial charge in [-0.25, -0.2) is 4.98 Å². The maximum absolute atomic E-state index is 5.38. The number of aromatic nitrogens is 5. The van der Waals surface area contributed by atoms with Gasteiger partial charge in [-0.15, -0.1) is 5.10 Å². The van der Waals surface area contributed by atoms with Crippen molar-refractivity contribution in [3.05, 3.63) is 54.7 Å². The van der Waals surface area contributed by atoms with E-state index in [0.29, 0.717) is 22.9 Å². The summed E-state index contributed by atoms with van der Waals surface area (Å²) < 4.78 is 12.4. The van der Waals surface area contributed by atoms with Crippen LogP contribution < -0.4 is 14.8 Å². The number of hydrogen-bond acceptors (Lipinski definition) is 7. The molecule has 1 N–H and O–H groups in total. The van der Waals surface area contributed by atoms with E-state index in [0.717, 1.165) is 17.1 Å². The first kappa shape index (κ1) is 13.7. The molecule has 8 heteroatoms. The number of rotatable bonds is 3. The third-order valence-corrected chi connectivity index (χ3v) is 3.82. The van der Waals surface area contributed by atoms with Crippen molar-refractivity contribution in [3.63, 3.8) is 0 Å². The van der Waals surface area contributed by atoms with Gasteiger partial charge in [-0.1, -0.05) is 23.4 Å². The third kappa shape index (κ3) is 2.40. The highest BCUT2D eigenvalue weighted by Crippen LogP contribution is 2.34. The Balaban J connectivity index is 1.52. The molecule has 3 heterocycles. The van der Waals surface area contributed by atoms with Crippen molar-refractivity contribution in [3.8, 4) is 17.2 Å². The Morgan fingerprint density at radius 3 is 2.80 bits per heavy atom. The monoisotopic (exact) mass is 332 g/mol. The first-order chi connectivity index (χ1) is 12.4. The van der Waals surface area contributed by atoms with Crippen molar-refractivity contribution in [1.29, 1.82) is 0 Å². The zero-order valence-electron chi connectivity index (χ0n) is 13.0. The summed E-state index contributed by atoms with van der Waals surface area (Å²) in [7, 11) is 0. The minimum absolute atomic E-state index is 0.239. The van der Waals surface area contributed by atoms with Gasteiger partial charge >= 0.3 is 0 Å². The third-order valence-electron chi connectivity index (χ3n) is 3.82. The number of anilines is 2. The van der Waals surface area contributed by atoms with Crippen LogP contribution in [0, 0.1) is 0 Å². The van der Waals surface area contributed by atoms with Gasteiger partial charge in [-0.05, 0) is 24.3 Å². The Morgan fingerprint density at radius 1 is 1.00 bits per heavy atom. The van der Waals surface area contributed by atoms with Crippen molar-refractivity contribution >= 4 is 22.8 Å². The Bertz CT molecular complexity index is 1060. The number of benzene rings is 2. The SMILES string of the molecule is c1ccc(-n2nnc3cnc(Nc4ccc5c(c4)OCO5)nc32)cc1. The average Bonchev–Trinajstić information content (AvgIpc) is 3.28. The molecule has 5 rings (SSSR count). The molecule has 4 aromatic rings. The zero-order chi connectivity index (χ0) is 16.6.